The van der Waals surface area contributed by atoms with Crippen LogP contribution in [0.25, 0.3) is 11.1 Å². The van der Waals surface area contributed by atoms with Crippen LogP contribution in [-0.2, 0) is 14.3 Å². The number of fused-ring (bicyclic) bond motifs is 3. The number of ether oxygens (including phenoxy) is 1. The molecule has 0 spiro atoms. The number of halogens is 2. The van der Waals surface area contributed by atoms with Gasteiger partial charge in [0, 0.05) is 19.0 Å². The Morgan fingerprint density at radius 2 is 1.68 bits per heavy atom. The molecule has 1 aliphatic heterocycles. The van der Waals surface area contributed by atoms with E-state index in [9.17, 15) is 28.3 Å². The highest BCUT2D eigenvalue weighted by Gasteiger charge is 2.72. The molecule has 2 aliphatic carbocycles. The molecule has 2 N–H and O–H groups in total. The molecule has 0 bridgehead atoms. The van der Waals surface area contributed by atoms with Gasteiger partial charge in [0.25, 0.3) is 5.92 Å². The van der Waals surface area contributed by atoms with E-state index in [0.717, 1.165) is 27.2 Å². The SMILES string of the molecule is O=C(NC[C@H]1[C@@H](C(=O)N2CCC[C@@H]2C(=O)O)C1(F)F)OCC1c2ccccc2-c2ccccc21. The van der Waals surface area contributed by atoms with Crippen LogP contribution in [0.1, 0.15) is 29.9 Å². The van der Waals surface area contributed by atoms with Crippen molar-refractivity contribution in [2.75, 3.05) is 19.7 Å². The Kier molecular flexibility index (Phi) is 5.50. The fourth-order valence-corrected chi connectivity index (χ4v) is 5.29. The lowest BCUT2D eigenvalue weighted by atomic mass is 9.98. The number of hydrogen-bond donors (Lipinski definition) is 2. The van der Waals surface area contributed by atoms with E-state index in [0.29, 0.717) is 6.42 Å². The van der Waals surface area contributed by atoms with Crippen LogP contribution in [0.3, 0.4) is 0 Å². The third-order valence-electron chi connectivity index (χ3n) is 7.10. The lowest BCUT2D eigenvalue weighted by Gasteiger charge is -2.21. The van der Waals surface area contributed by atoms with E-state index in [1.54, 1.807) is 0 Å². The third kappa shape index (κ3) is 3.69. The number of hydrogen-bond acceptors (Lipinski definition) is 4. The molecule has 2 amide bonds. The summed E-state index contributed by atoms with van der Waals surface area (Å²) < 4.78 is 34.0. The molecular weight excluding hydrogens is 446 g/mol. The lowest BCUT2D eigenvalue weighted by Crippen LogP contribution is -2.42. The zero-order valence-corrected chi connectivity index (χ0v) is 18.2. The first kappa shape index (κ1) is 22.3. The van der Waals surface area contributed by atoms with Crippen LogP contribution >= 0.6 is 0 Å². The van der Waals surface area contributed by atoms with Gasteiger partial charge in [-0.15, -0.1) is 0 Å². The number of carbonyl (C=O) groups is 3. The van der Waals surface area contributed by atoms with Crippen molar-refractivity contribution < 1.29 is 33.0 Å². The molecule has 7 nitrogen and oxygen atoms in total. The second-order valence-electron chi connectivity index (χ2n) is 8.99. The van der Waals surface area contributed by atoms with E-state index in [1.165, 1.54) is 0 Å². The quantitative estimate of drug-likeness (QED) is 0.674. The minimum atomic E-state index is -3.29. The van der Waals surface area contributed by atoms with E-state index in [-0.39, 0.29) is 25.5 Å². The Morgan fingerprint density at radius 1 is 1.06 bits per heavy atom. The fourth-order valence-electron chi connectivity index (χ4n) is 5.29. The van der Waals surface area contributed by atoms with Gasteiger partial charge in [-0.3, -0.25) is 4.79 Å². The largest absolute Gasteiger partial charge is 0.480 e. The molecule has 1 saturated heterocycles. The number of carboxylic acids is 1. The Bertz CT molecular complexity index is 1110. The van der Waals surface area contributed by atoms with Gasteiger partial charge in [0.05, 0.1) is 5.92 Å². The van der Waals surface area contributed by atoms with Crippen LogP contribution in [0, 0.1) is 11.8 Å². The molecule has 3 atom stereocenters. The van der Waals surface area contributed by atoms with E-state index in [2.05, 4.69) is 5.32 Å². The summed E-state index contributed by atoms with van der Waals surface area (Å²) in [5.41, 5.74) is 4.23. The Balaban J connectivity index is 1.17. The Morgan fingerprint density at radius 3 is 2.29 bits per heavy atom. The molecule has 1 saturated carbocycles. The predicted octanol–water partition coefficient (Wildman–Crippen LogP) is 3.48. The zero-order valence-electron chi connectivity index (χ0n) is 18.2. The van der Waals surface area contributed by atoms with E-state index in [4.69, 9.17) is 4.74 Å². The molecule has 1 heterocycles. The molecule has 2 fully saturated rings. The zero-order chi connectivity index (χ0) is 24.0. The summed E-state index contributed by atoms with van der Waals surface area (Å²) in [5, 5.41) is 11.6. The van der Waals surface area contributed by atoms with E-state index in [1.807, 2.05) is 48.5 Å². The Labute approximate surface area is 194 Å². The second-order valence-corrected chi connectivity index (χ2v) is 8.99. The van der Waals surface area contributed by atoms with Crippen LogP contribution in [-0.4, -0.2) is 59.6 Å². The number of alkyl halides is 2. The van der Waals surface area contributed by atoms with Gasteiger partial charge in [-0.25, -0.2) is 18.4 Å². The molecule has 34 heavy (non-hydrogen) atoms. The van der Waals surface area contributed by atoms with Crippen LogP contribution in [0.5, 0.6) is 0 Å². The number of likely N-dealkylation sites (tertiary alicyclic amines) is 1. The smallest absolute Gasteiger partial charge is 0.407 e. The van der Waals surface area contributed by atoms with Crippen molar-refractivity contribution in [1.82, 2.24) is 10.2 Å². The summed E-state index contributed by atoms with van der Waals surface area (Å²) in [4.78, 5) is 37.2. The second kappa shape index (κ2) is 8.38. The molecule has 5 rings (SSSR count). The molecule has 2 aromatic rings. The van der Waals surface area contributed by atoms with Crippen LogP contribution in [0.15, 0.2) is 48.5 Å². The molecule has 0 radical (unpaired) electrons. The van der Waals surface area contributed by atoms with Gasteiger partial charge in [-0.05, 0) is 35.1 Å². The maximum Gasteiger partial charge on any atom is 0.407 e. The normalized spacial score (nSPS) is 24.3. The van der Waals surface area contributed by atoms with Crippen molar-refractivity contribution in [3.63, 3.8) is 0 Å². The molecule has 2 aromatic carbocycles. The number of rotatable bonds is 6. The summed E-state index contributed by atoms with van der Waals surface area (Å²) in [6.07, 6.45) is -0.119. The highest BCUT2D eigenvalue weighted by Crippen LogP contribution is 2.56. The van der Waals surface area contributed by atoms with Crippen molar-refractivity contribution in [3.8, 4) is 11.1 Å². The highest BCUT2D eigenvalue weighted by atomic mass is 19.3. The van der Waals surface area contributed by atoms with Crippen molar-refractivity contribution >= 4 is 18.0 Å². The number of carbonyl (C=O) groups excluding carboxylic acids is 2. The number of amides is 2. The predicted molar refractivity (Wildman–Crippen MR) is 117 cm³/mol. The maximum absolute atomic E-state index is 14.3. The summed E-state index contributed by atoms with van der Waals surface area (Å²) in [7, 11) is 0. The number of benzene rings is 2. The van der Waals surface area contributed by atoms with E-state index >= 15 is 0 Å². The molecule has 3 aliphatic rings. The summed E-state index contributed by atoms with van der Waals surface area (Å²) in [6.45, 7) is -0.224. The first-order valence-corrected chi connectivity index (χ1v) is 11.3. The van der Waals surface area contributed by atoms with E-state index < -0.39 is 48.3 Å². The minimum absolute atomic E-state index is 0.0529. The van der Waals surface area contributed by atoms with Crippen LogP contribution < -0.4 is 5.32 Å². The van der Waals surface area contributed by atoms with Crippen LogP contribution in [0.4, 0.5) is 13.6 Å². The van der Waals surface area contributed by atoms with Gasteiger partial charge in [-0.1, -0.05) is 48.5 Å². The lowest BCUT2D eigenvalue weighted by molar-refractivity contribution is -0.149. The third-order valence-corrected chi connectivity index (χ3v) is 7.10. The molecule has 178 valence electrons. The van der Waals surface area contributed by atoms with Crippen molar-refractivity contribution in [1.29, 1.82) is 0 Å². The monoisotopic (exact) mass is 470 g/mol. The molecular formula is C25H24F2N2O5. The van der Waals surface area contributed by atoms with Crippen molar-refractivity contribution in [3.05, 3.63) is 59.7 Å². The van der Waals surface area contributed by atoms with Crippen molar-refractivity contribution in [2.45, 2.75) is 30.7 Å². The first-order valence-electron chi connectivity index (χ1n) is 11.3. The summed E-state index contributed by atoms with van der Waals surface area (Å²) in [6, 6.07) is 14.6. The Hall–Kier alpha value is -3.49. The van der Waals surface area contributed by atoms with Gasteiger partial charge in [0.15, 0.2) is 0 Å². The number of nitrogens with one attached hydrogen (secondary N) is 1. The topological polar surface area (TPSA) is 95.9 Å². The van der Waals surface area contributed by atoms with Crippen molar-refractivity contribution in [2.24, 2.45) is 11.8 Å². The van der Waals surface area contributed by atoms with Gasteiger partial charge in [0.2, 0.25) is 5.91 Å². The molecule has 0 aromatic heterocycles. The highest BCUT2D eigenvalue weighted by molar-refractivity contribution is 5.89. The number of nitrogens with zero attached hydrogens (tertiary/aromatic N) is 1. The minimum Gasteiger partial charge on any atom is -0.480 e. The standard InChI is InChI=1S/C25H24F2N2O5/c26-25(27)19(21(25)22(30)29-11-5-10-20(29)23(31)32)12-28-24(33)34-13-18-16-8-3-1-6-14(16)15-7-2-4-9-17(15)18/h1-4,6-9,18-21H,5,10-13H2,(H,28,33)(H,31,32)/t19-,20+,21-/m0/s1. The van der Waals surface area contributed by atoms with Gasteiger partial charge in [-0.2, -0.15) is 0 Å². The van der Waals surface area contributed by atoms with Crippen LogP contribution in [0.2, 0.25) is 0 Å². The maximum atomic E-state index is 14.3. The number of alkyl carbamates (subject to hydrolysis) is 1. The fraction of sp³-hybridized carbons (Fsp3) is 0.400. The summed E-state index contributed by atoms with van der Waals surface area (Å²) in [5.74, 6) is -8.51. The average molecular weight is 470 g/mol. The molecule has 0 unspecified atom stereocenters. The summed E-state index contributed by atoms with van der Waals surface area (Å²) >= 11 is 0. The number of aliphatic carboxylic acids is 1. The first-order chi connectivity index (χ1) is 16.3. The number of carboxylic acid groups (broad SMARTS) is 1. The molecule has 9 heteroatoms. The average Bonchev–Trinajstić information content (AvgIpc) is 3.17. The van der Waals surface area contributed by atoms with Gasteiger partial charge in [0.1, 0.15) is 18.6 Å². The van der Waals surface area contributed by atoms with Gasteiger partial charge < -0.3 is 20.1 Å². The van der Waals surface area contributed by atoms with Gasteiger partial charge >= 0.3 is 12.1 Å².